The second-order valence-corrected chi connectivity index (χ2v) is 9.03. The molecule has 4 rings (SSSR count). The first kappa shape index (κ1) is 22.7. The van der Waals surface area contributed by atoms with E-state index in [1.807, 2.05) is 6.92 Å². The van der Waals surface area contributed by atoms with E-state index < -0.39 is 0 Å². The standard InChI is InChI=1S/C24H17Cl3N2O2S/c1-2-31-21-12-7-18(27)13-15(21)14-22-23(30)29(20-10-5-17(26)6-11-20)24(32-22)28-19-8-3-16(25)4-9-19/h3-14H,2H2,1H3/b22-14-,28-24?. The van der Waals surface area contributed by atoms with Crippen molar-refractivity contribution in [3.05, 3.63) is 92.3 Å². The minimum absolute atomic E-state index is 0.201. The van der Waals surface area contributed by atoms with Crippen molar-refractivity contribution in [1.82, 2.24) is 0 Å². The average molecular weight is 504 g/mol. The van der Waals surface area contributed by atoms with Crippen molar-refractivity contribution >= 4 is 75.1 Å². The topological polar surface area (TPSA) is 41.9 Å². The molecule has 0 radical (unpaired) electrons. The number of amides is 1. The molecule has 3 aromatic rings. The highest BCUT2D eigenvalue weighted by Crippen LogP contribution is 2.39. The molecule has 1 heterocycles. The van der Waals surface area contributed by atoms with Gasteiger partial charge in [0.1, 0.15) is 5.75 Å². The predicted octanol–water partition coefficient (Wildman–Crippen LogP) is 7.85. The number of thioether (sulfide) groups is 1. The second kappa shape index (κ2) is 10.0. The smallest absolute Gasteiger partial charge is 0.271 e. The molecule has 0 aliphatic carbocycles. The van der Waals surface area contributed by atoms with Gasteiger partial charge in [-0.2, -0.15) is 0 Å². The summed E-state index contributed by atoms with van der Waals surface area (Å²) in [5.41, 5.74) is 2.07. The number of rotatable bonds is 5. The summed E-state index contributed by atoms with van der Waals surface area (Å²) in [6, 6.07) is 19.5. The van der Waals surface area contributed by atoms with E-state index in [0.29, 0.717) is 48.9 Å². The van der Waals surface area contributed by atoms with Crippen LogP contribution in [0.25, 0.3) is 6.08 Å². The van der Waals surface area contributed by atoms with Crippen LogP contribution in [0, 0.1) is 0 Å². The van der Waals surface area contributed by atoms with Gasteiger partial charge in [-0.3, -0.25) is 9.69 Å². The second-order valence-electron chi connectivity index (χ2n) is 6.71. The van der Waals surface area contributed by atoms with E-state index in [2.05, 4.69) is 0 Å². The van der Waals surface area contributed by atoms with Crippen LogP contribution in [-0.2, 0) is 4.79 Å². The average Bonchev–Trinajstić information content (AvgIpc) is 3.07. The molecule has 0 atom stereocenters. The minimum atomic E-state index is -0.201. The molecule has 0 saturated carbocycles. The fourth-order valence-electron chi connectivity index (χ4n) is 3.05. The first-order chi connectivity index (χ1) is 15.4. The Hall–Kier alpha value is -2.44. The van der Waals surface area contributed by atoms with Crippen LogP contribution in [0.15, 0.2) is 76.6 Å². The lowest BCUT2D eigenvalue weighted by Crippen LogP contribution is -2.28. The lowest BCUT2D eigenvalue weighted by Gasteiger charge is -2.15. The molecule has 1 fully saturated rings. The summed E-state index contributed by atoms with van der Waals surface area (Å²) in [6.07, 6.45) is 1.77. The van der Waals surface area contributed by atoms with Crippen molar-refractivity contribution < 1.29 is 9.53 Å². The number of aliphatic imine (C=N–C) groups is 1. The molecule has 1 saturated heterocycles. The Kier molecular flexibility index (Phi) is 7.11. The van der Waals surface area contributed by atoms with E-state index >= 15 is 0 Å². The third kappa shape index (κ3) is 5.13. The summed E-state index contributed by atoms with van der Waals surface area (Å²) in [7, 11) is 0. The molecule has 0 N–H and O–H groups in total. The van der Waals surface area contributed by atoms with Gasteiger partial charge >= 0.3 is 0 Å². The summed E-state index contributed by atoms with van der Waals surface area (Å²) < 4.78 is 5.70. The number of benzene rings is 3. The van der Waals surface area contributed by atoms with Crippen LogP contribution in [0.3, 0.4) is 0 Å². The zero-order valence-electron chi connectivity index (χ0n) is 16.9. The van der Waals surface area contributed by atoms with E-state index in [1.54, 1.807) is 77.7 Å². The summed E-state index contributed by atoms with van der Waals surface area (Å²) in [6.45, 7) is 2.40. The SMILES string of the molecule is CCOc1ccc(Cl)cc1/C=C1\SC(=Nc2ccc(Cl)cc2)N(c2ccc(Cl)cc2)C1=O. The molecule has 4 nitrogen and oxygen atoms in total. The summed E-state index contributed by atoms with van der Waals surface area (Å²) in [4.78, 5) is 20.2. The van der Waals surface area contributed by atoms with Crippen LogP contribution >= 0.6 is 46.6 Å². The molecular weight excluding hydrogens is 487 g/mol. The molecule has 0 aromatic heterocycles. The van der Waals surface area contributed by atoms with Crippen molar-refractivity contribution in [3.8, 4) is 5.75 Å². The van der Waals surface area contributed by atoms with Crippen molar-refractivity contribution in [1.29, 1.82) is 0 Å². The zero-order valence-corrected chi connectivity index (χ0v) is 20.0. The Morgan fingerprint density at radius 3 is 2.22 bits per heavy atom. The van der Waals surface area contributed by atoms with E-state index in [4.69, 9.17) is 44.5 Å². The maximum absolute atomic E-state index is 13.4. The van der Waals surface area contributed by atoms with Gasteiger partial charge in [-0.25, -0.2) is 4.99 Å². The van der Waals surface area contributed by atoms with Gasteiger partial charge in [0, 0.05) is 20.6 Å². The highest BCUT2D eigenvalue weighted by atomic mass is 35.5. The molecule has 3 aromatic carbocycles. The van der Waals surface area contributed by atoms with Crippen molar-refractivity contribution in [2.45, 2.75) is 6.92 Å². The quantitative estimate of drug-likeness (QED) is 0.333. The number of carbonyl (C=O) groups excluding carboxylic acids is 1. The largest absolute Gasteiger partial charge is 0.493 e. The predicted molar refractivity (Wildman–Crippen MR) is 136 cm³/mol. The molecule has 0 spiro atoms. The highest BCUT2D eigenvalue weighted by molar-refractivity contribution is 8.19. The van der Waals surface area contributed by atoms with E-state index in [-0.39, 0.29) is 5.91 Å². The molecule has 32 heavy (non-hydrogen) atoms. The third-order valence-electron chi connectivity index (χ3n) is 4.50. The zero-order chi connectivity index (χ0) is 22.7. The lowest BCUT2D eigenvalue weighted by molar-refractivity contribution is -0.113. The van der Waals surface area contributed by atoms with Crippen LogP contribution in [0.2, 0.25) is 15.1 Å². The number of ether oxygens (including phenoxy) is 1. The van der Waals surface area contributed by atoms with Gasteiger partial charge in [0.25, 0.3) is 5.91 Å². The maximum atomic E-state index is 13.4. The number of amidine groups is 1. The number of hydrogen-bond donors (Lipinski definition) is 0. The normalized spacial score (nSPS) is 16.2. The van der Waals surface area contributed by atoms with Gasteiger partial charge in [0.05, 0.1) is 22.9 Å². The van der Waals surface area contributed by atoms with E-state index in [9.17, 15) is 4.79 Å². The van der Waals surface area contributed by atoms with Crippen LogP contribution in [0.5, 0.6) is 5.75 Å². The van der Waals surface area contributed by atoms with Gasteiger partial charge in [0.15, 0.2) is 5.17 Å². The monoisotopic (exact) mass is 502 g/mol. The Morgan fingerprint density at radius 2 is 1.56 bits per heavy atom. The maximum Gasteiger partial charge on any atom is 0.271 e. The number of carbonyl (C=O) groups is 1. The Bertz CT molecular complexity index is 1210. The molecule has 0 unspecified atom stereocenters. The first-order valence-electron chi connectivity index (χ1n) is 9.71. The Balaban J connectivity index is 1.79. The molecule has 162 valence electrons. The molecule has 1 amide bonds. The Labute approximate surface area is 205 Å². The number of anilines is 1. The third-order valence-corrected chi connectivity index (χ3v) is 6.21. The van der Waals surface area contributed by atoms with Crippen molar-refractivity contribution in [2.24, 2.45) is 4.99 Å². The van der Waals surface area contributed by atoms with Gasteiger partial charge in [-0.1, -0.05) is 34.8 Å². The molecule has 1 aliphatic rings. The Morgan fingerprint density at radius 1 is 0.938 bits per heavy atom. The molecule has 0 bridgehead atoms. The van der Waals surface area contributed by atoms with Crippen LogP contribution in [-0.4, -0.2) is 17.7 Å². The van der Waals surface area contributed by atoms with Crippen molar-refractivity contribution in [3.63, 3.8) is 0 Å². The number of hydrogen-bond acceptors (Lipinski definition) is 4. The number of nitrogens with zero attached hydrogens (tertiary/aromatic N) is 2. The van der Waals surface area contributed by atoms with Gasteiger partial charge in [0.2, 0.25) is 0 Å². The number of halogens is 3. The van der Waals surface area contributed by atoms with Crippen molar-refractivity contribution in [2.75, 3.05) is 11.5 Å². The minimum Gasteiger partial charge on any atom is -0.493 e. The van der Waals surface area contributed by atoms with Gasteiger partial charge in [-0.05, 0) is 91.5 Å². The summed E-state index contributed by atoms with van der Waals surface area (Å²) >= 11 is 19.5. The van der Waals surface area contributed by atoms with E-state index in [0.717, 1.165) is 5.56 Å². The summed E-state index contributed by atoms with van der Waals surface area (Å²) in [5, 5.41) is 2.27. The fraction of sp³-hybridized carbons (Fsp3) is 0.0833. The first-order valence-corrected chi connectivity index (χ1v) is 11.7. The van der Waals surface area contributed by atoms with E-state index in [1.165, 1.54) is 11.8 Å². The highest BCUT2D eigenvalue weighted by Gasteiger charge is 2.35. The molecular formula is C24H17Cl3N2O2S. The lowest BCUT2D eigenvalue weighted by atomic mass is 10.1. The van der Waals surface area contributed by atoms with Crippen LogP contribution < -0.4 is 9.64 Å². The molecule has 8 heteroatoms. The van der Waals surface area contributed by atoms with Crippen LogP contribution in [0.1, 0.15) is 12.5 Å². The van der Waals surface area contributed by atoms with Gasteiger partial charge < -0.3 is 4.74 Å². The molecule has 1 aliphatic heterocycles. The summed E-state index contributed by atoms with van der Waals surface area (Å²) in [5.74, 6) is 0.450. The fourth-order valence-corrected chi connectivity index (χ4v) is 4.48. The van der Waals surface area contributed by atoms with Crippen LogP contribution in [0.4, 0.5) is 11.4 Å². The van der Waals surface area contributed by atoms with Gasteiger partial charge in [-0.15, -0.1) is 0 Å².